The van der Waals surface area contributed by atoms with E-state index >= 15 is 0 Å². The van der Waals surface area contributed by atoms with Gasteiger partial charge in [-0.2, -0.15) is 16.3 Å². The number of hydrogen-bond donors (Lipinski definition) is 3. The maximum absolute atomic E-state index is 10.0. The van der Waals surface area contributed by atoms with Crippen LogP contribution in [0.4, 0.5) is 11.5 Å². The molecule has 0 amide bonds. The van der Waals surface area contributed by atoms with E-state index in [1.165, 1.54) is 0 Å². The molecule has 2 heterocycles. The highest BCUT2D eigenvalue weighted by atomic mass is 32.1. The number of nitrogens with one attached hydrogen (secondary N) is 1. The zero-order chi connectivity index (χ0) is 15.5. The van der Waals surface area contributed by atoms with Gasteiger partial charge < -0.3 is 20.9 Å². The summed E-state index contributed by atoms with van der Waals surface area (Å²) < 4.78 is 5.72. The molecule has 2 rings (SSSR count). The average Bonchev–Trinajstić information content (AvgIpc) is 2.91. The molecule has 0 aliphatic heterocycles. The van der Waals surface area contributed by atoms with Crippen molar-refractivity contribution in [2.75, 3.05) is 17.6 Å². The van der Waals surface area contributed by atoms with E-state index in [-0.39, 0.29) is 5.60 Å². The van der Waals surface area contributed by atoms with Gasteiger partial charge in [-0.3, -0.25) is 0 Å². The molecule has 0 bridgehead atoms. The van der Waals surface area contributed by atoms with Gasteiger partial charge in [-0.1, -0.05) is 0 Å². The number of ether oxygens (including phenoxy) is 1. The highest BCUT2D eigenvalue weighted by molar-refractivity contribution is 7.07. The van der Waals surface area contributed by atoms with Gasteiger partial charge in [-0.05, 0) is 55.3 Å². The number of aliphatic hydroxyl groups is 1. The first kappa shape index (κ1) is 15.6. The van der Waals surface area contributed by atoms with Crippen molar-refractivity contribution in [3.63, 3.8) is 0 Å². The van der Waals surface area contributed by atoms with Crippen LogP contribution >= 0.6 is 11.3 Å². The molecule has 1 atom stereocenters. The number of anilines is 2. The lowest BCUT2D eigenvalue weighted by molar-refractivity contribution is 0.125. The van der Waals surface area contributed by atoms with Crippen molar-refractivity contribution in [1.82, 2.24) is 4.98 Å². The molecule has 4 N–H and O–H groups in total. The van der Waals surface area contributed by atoms with Crippen molar-refractivity contribution in [1.29, 1.82) is 0 Å². The fraction of sp³-hybridized carbons (Fsp3) is 0.400. The molecule has 21 heavy (non-hydrogen) atoms. The van der Waals surface area contributed by atoms with Crippen molar-refractivity contribution >= 4 is 22.8 Å². The summed E-state index contributed by atoms with van der Waals surface area (Å²) >= 11 is 1.56. The van der Waals surface area contributed by atoms with Crippen LogP contribution in [0.5, 0.6) is 5.88 Å². The molecule has 2 aromatic heterocycles. The Morgan fingerprint density at radius 1 is 1.38 bits per heavy atom. The van der Waals surface area contributed by atoms with Crippen LogP contribution in [0.3, 0.4) is 0 Å². The molecule has 5 nitrogen and oxygen atoms in total. The molecule has 0 spiro atoms. The SMILES string of the molecule is CC(C)(C)Oc1nc(NCC(O)c2ccsc2)ccc1N. The van der Waals surface area contributed by atoms with Crippen LogP contribution < -0.4 is 15.8 Å². The Morgan fingerprint density at radius 3 is 2.76 bits per heavy atom. The lowest BCUT2D eigenvalue weighted by Crippen LogP contribution is -2.24. The van der Waals surface area contributed by atoms with Crippen LogP contribution in [0.25, 0.3) is 0 Å². The second kappa shape index (κ2) is 6.32. The smallest absolute Gasteiger partial charge is 0.239 e. The number of rotatable bonds is 5. The van der Waals surface area contributed by atoms with Crippen LogP contribution in [-0.2, 0) is 0 Å². The summed E-state index contributed by atoms with van der Waals surface area (Å²) in [5.74, 6) is 1.02. The minimum atomic E-state index is -0.567. The summed E-state index contributed by atoms with van der Waals surface area (Å²) in [5.41, 5.74) is 6.89. The molecule has 114 valence electrons. The fourth-order valence-electron chi connectivity index (χ4n) is 1.71. The third kappa shape index (κ3) is 4.61. The maximum atomic E-state index is 10.0. The van der Waals surface area contributed by atoms with Crippen LogP contribution in [-0.4, -0.2) is 22.2 Å². The molecule has 1 unspecified atom stereocenters. The van der Waals surface area contributed by atoms with Crippen LogP contribution in [0, 0.1) is 0 Å². The van der Waals surface area contributed by atoms with E-state index in [4.69, 9.17) is 10.5 Å². The molecule has 0 aliphatic carbocycles. The van der Waals surface area contributed by atoms with E-state index in [1.807, 2.05) is 37.6 Å². The molecule has 2 aromatic rings. The summed E-state index contributed by atoms with van der Waals surface area (Å²) in [5, 5.41) is 17.0. The minimum absolute atomic E-state index is 0.365. The Bertz CT molecular complexity index is 579. The minimum Gasteiger partial charge on any atom is -0.470 e. The van der Waals surface area contributed by atoms with E-state index in [9.17, 15) is 5.11 Å². The normalized spacial score (nSPS) is 13.0. The Morgan fingerprint density at radius 2 is 2.14 bits per heavy atom. The highest BCUT2D eigenvalue weighted by Gasteiger charge is 2.16. The summed E-state index contributed by atoms with van der Waals surface area (Å²) in [7, 11) is 0. The van der Waals surface area contributed by atoms with Crippen LogP contribution in [0.1, 0.15) is 32.4 Å². The highest BCUT2D eigenvalue weighted by Crippen LogP contribution is 2.25. The van der Waals surface area contributed by atoms with Gasteiger partial charge in [-0.15, -0.1) is 0 Å². The van der Waals surface area contributed by atoms with E-state index in [2.05, 4.69) is 10.3 Å². The van der Waals surface area contributed by atoms with Gasteiger partial charge in [0.2, 0.25) is 5.88 Å². The number of nitrogen functional groups attached to an aromatic ring is 1. The number of nitrogens with two attached hydrogens (primary N) is 1. The molecule has 6 heteroatoms. The Balaban J connectivity index is 2.02. The largest absolute Gasteiger partial charge is 0.470 e. The van der Waals surface area contributed by atoms with Gasteiger partial charge in [-0.25, -0.2) is 0 Å². The topological polar surface area (TPSA) is 80.4 Å². The molecule has 0 radical (unpaired) electrons. The molecule has 0 aliphatic rings. The van der Waals surface area contributed by atoms with Gasteiger partial charge in [0.15, 0.2) is 0 Å². The first-order valence-corrected chi connectivity index (χ1v) is 7.69. The van der Waals surface area contributed by atoms with Gasteiger partial charge in [0.1, 0.15) is 11.4 Å². The second-order valence-corrected chi connectivity index (χ2v) is 6.54. The van der Waals surface area contributed by atoms with Crippen molar-refractivity contribution in [3.05, 3.63) is 34.5 Å². The second-order valence-electron chi connectivity index (χ2n) is 5.76. The monoisotopic (exact) mass is 307 g/mol. The summed E-state index contributed by atoms with van der Waals surface area (Å²) in [6.45, 7) is 6.19. The summed E-state index contributed by atoms with van der Waals surface area (Å²) in [4.78, 5) is 4.34. The number of aromatic nitrogens is 1. The van der Waals surface area contributed by atoms with Gasteiger partial charge in [0, 0.05) is 6.54 Å². The Labute approximate surface area is 128 Å². The molecule has 0 saturated carbocycles. The Kier molecular flexibility index (Phi) is 4.69. The van der Waals surface area contributed by atoms with Crippen molar-refractivity contribution < 1.29 is 9.84 Å². The van der Waals surface area contributed by atoms with E-state index < -0.39 is 6.10 Å². The molecule has 0 fully saturated rings. The number of hydrogen-bond acceptors (Lipinski definition) is 6. The van der Waals surface area contributed by atoms with Gasteiger partial charge in [0.25, 0.3) is 0 Å². The van der Waals surface area contributed by atoms with Crippen molar-refractivity contribution in [2.45, 2.75) is 32.5 Å². The van der Waals surface area contributed by atoms with Crippen LogP contribution in [0.2, 0.25) is 0 Å². The predicted molar refractivity (Wildman–Crippen MR) is 86.8 cm³/mol. The molecule has 0 aromatic carbocycles. The zero-order valence-electron chi connectivity index (χ0n) is 12.5. The first-order valence-electron chi connectivity index (χ1n) is 6.75. The van der Waals surface area contributed by atoms with Crippen molar-refractivity contribution in [2.24, 2.45) is 0 Å². The van der Waals surface area contributed by atoms with Crippen molar-refractivity contribution in [3.8, 4) is 5.88 Å². The molecular formula is C15H21N3O2S. The zero-order valence-corrected chi connectivity index (χ0v) is 13.3. The first-order chi connectivity index (χ1) is 9.85. The average molecular weight is 307 g/mol. The lowest BCUT2D eigenvalue weighted by atomic mass is 10.2. The summed E-state index contributed by atoms with van der Waals surface area (Å²) in [6.07, 6.45) is -0.567. The number of thiophene rings is 1. The third-order valence-electron chi connectivity index (χ3n) is 2.70. The molecule has 0 saturated heterocycles. The molecular weight excluding hydrogens is 286 g/mol. The quantitative estimate of drug-likeness (QED) is 0.791. The maximum Gasteiger partial charge on any atom is 0.239 e. The van der Waals surface area contributed by atoms with E-state index in [0.29, 0.717) is 23.9 Å². The fourth-order valence-corrected chi connectivity index (χ4v) is 2.41. The van der Waals surface area contributed by atoms with Gasteiger partial charge >= 0.3 is 0 Å². The Hall–Kier alpha value is -1.79. The van der Waals surface area contributed by atoms with E-state index in [1.54, 1.807) is 23.5 Å². The number of aliphatic hydroxyl groups excluding tert-OH is 1. The predicted octanol–water partition coefficient (Wildman–Crippen LogP) is 3.05. The number of nitrogens with zero attached hydrogens (tertiary/aromatic N) is 1. The van der Waals surface area contributed by atoms with Gasteiger partial charge in [0.05, 0.1) is 11.8 Å². The van der Waals surface area contributed by atoms with E-state index in [0.717, 1.165) is 5.56 Å². The third-order valence-corrected chi connectivity index (χ3v) is 3.40. The standard InChI is InChI=1S/C15H21N3O2S/c1-15(2,3)20-14-11(16)4-5-13(18-14)17-8-12(19)10-6-7-21-9-10/h4-7,9,12,19H,8,16H2,1-3H3,(H,17,18). The lowest BCUT2D eigenvalue weighted by Gasteiger charge is -2.22. The van der Waals surface area contributed by atoms with Crippen LogP contribution in [0.15, 0.2) is 29.0 Å². The summed E-state index contributed by atoms with van der Waals surface area (Å²) in [6, 6.07) is 5.42. The number of pyridine rings is 1.